The number of anilines is 1. The van der Waals surface area contributed by atoms with Crippen molar-refractivity contribution < 1.29 is 0 Å². The molecule has 0 fully saturated rings. The fraction of sp³-hybridized carbons (Fsp3) is 0.500. The van der Waals surface area contributed by atoms with Crippen molar-refractivity contribution in [3.8, 4) is 11.3 Å². The summed E-state index contributed by atoms with van der Waals surface area (Å²) in [6, 6.07) is 4.23. The lowest BCUT2D eigenvalue weighted by atomic mass is 9.91. The smallest absolute Gasteiger partial charge is 0.259 e. The third kappa shape index (κ3) is 3.35. The molecule has 2 aromatic heterocycles. The van der Waals surface area contributed by atoms with Crippen molar-refractivity contribution in [3.63, 3.8) is 0 Å². The minimum absolute atomic E-state index is 0.00354. The molecule has 1 N–H and O–H groups in total. The molecule has 0 aliphatic heterocycles. The van der Waals surface area contributed by atoms with E-state index < -0.39 is 0 Å². The minimum atomic E-state index is -0.0567. The van der Waals surface area contributed by atoms with Crippen LogP contribution in [0, 0.1) is 0 Å². The predicted octanol–water partition coefficient (Wildman–Crippen LogP) is 3.63. The maximum atomic E-state index is 12.6. The standard InChI is InChI=1S/C16H23N3OS/c1-10(2)17-15-18-12(9-21-15)11-7-8-13(16(3,4)5)19(6)14(11)20/h7-10H,1-6H3,(H,17,18). The summed E-state index contributed by atoms with van der Waals surface area (Å²) in [6.45, 7) is 10.5. The number of nitrogens with zero attached hydrogens (tertiary/aromatic N) is 2. The number of pyridine rings is 1. The molecule has 0 saturated heterocycles. The van der Waals surface area contributed by atoms with Gasteiger partial charge < -0.3 is 9.88 Å². The van der Waals surface area contributed by atoms with Crippen molar-refractivity contribution in [3.05, 3.63) is 33.6 Å². The molecule has 114 valence electrons. The van der Waals surface area contributed by atoms with Gasteiger partial charge in [0, 0.05) is 29.6 Å². The van der Waals surface area contributed by atoms with Gasteiger partial charge in [-0.3, -0.25) is 4.79 Å². The van der Waals surface area contributed by atoms with Gasteiger partial charge in [0.1, 0.15) is 0 Å². The first-order valence-electron chi connectivity index (χ1n) is 7.13. The number of rotatable bonds is 3. The largest absolute Gasteiger partial charge is 0.359 e. The van der Waals surface area contributed by atoms with Crippen molar-refractivity contribution in [1.82, 2.24) is 9.55 Å². The first-order valence-corrected chi connectivity index (χ1v) is 8.01. The zero-order valence-electron chi connectivity index (χ0n) is 13.5. The fourth-order valence-electron chi connectivity index (χ4n) is 2.29. The van der Waals surface area contributed by atoms with Crippen LogP contribution in [-0.2, 0) is 12.5 Å². The van der Waals surface area contributed by atoms with Crippen LogP contribution >= 0.6 is 11.3 Å². The van der Waals surface area contributed by atoms with Gasteiger partial charge in [-0.25, -0.2) is 4.98 Å². The SMILES string of the molecule is CC(C)Nc1nc(-c2ccc(C(C)(C)C)n(C)c2=O)cs1. The molecule has 0 amide bonds. The molecule has 0 radical (unpaired) electrons. The molecule has 2 heterocycles. The van der Waals surface area contributed by atoms with E-state index in [1.807, 2.05) is 24.6 Å². The van der Waals surface area contributed by atoms with E-state index in [0.29, 0.717) is 11.6 Å². The quantitative estimate of drug-likeness (QED) is 0.942. The molecule has 0 atom stereocenters. The number of aromatic nitrogens is 2. The zero-order chi connectivity index (χ0) is 15.8. The van der Waals surface area contributed by atoms with Crippen LogP contribution in [0.2, 0.25) is 0 Å². The normalized spacial score (nSPS) is 12.0. The van der Waals surface area contributed by atoms with Crippen molar-refractivity contribution in [2.75, 3.05) is 5.32 Å². The second-order valence-electron chi connectivity index (χ2n) is 6.58. The summed E-state index contributed by atoms with van der Waals surface area (Å²) in [5.74, 6) is 0. The molecular formula is C16H23N3OS. The third-order valence-electron chi connectivity index (χ3n) is 3.26. The summed E-state index contributed by atoms with van der Waals surface area (Å²) >= 11 is 1.53. The summed E-state index contributed by atoms with van der Waals surface area (Å²) in [5, 5.41) is 6.04. The van der Waals surface area contributed by atoms with Crippen LogP contribution in [0.5, 0.6) is 0 Å². The molecule has 2 rings (SSSR count). The Morgan fingerprint density at radius 1 is 1.29 bits per heavy atom. The zero-order valence-corrected chi connectivity index (χ0v) is 14.3. The van der Waals surface area contributed by atoms with Crippen LogP contribution in [0.1, 0.15) is 40.3 Å². The van der Waals surface area contributed by atoms with Crippen LogP contribution in [0.3, 0.4) is 0 Å². The van der Waals surface area contributed by atoms with E-state index in [4.69, 9.17) is 0 Å². The molecule has 0 aromatic carbocycles. The lowest BCUT2D eigenvalue weighted by Gasteiger charge is -2.22. The fourth-order valence-corrected chi connectivity index (χ4v) is 3.15. The van der Waals surface area contributed by atoms with Gasteiger partial charge in [-0.2, -0.15) is 0 Å². The molecule has 0 aliphatic rings. The molecule has 0 spiro atoms. The van der Waals surface area contributed by atoms with Crippen LogP contribution < -0.4 is 10.9 Å². The third-order valence-corrected chi connectivity index (χ3v) is 4.04. The van der Waals surface area contributed by atoms with Crippen LogP contribution in [0.25, 0.3) is 11.3 Å². The van der Waals surface area contributed by atoms with Gasteiger partial charge in [-0.15, -0.1) is 11.3 Å². The molecule has 21 heavy (non-hydrogen) atoms. The van der Waals surface area contributed by atoms with E-state index in [0.717, 1.165) is 16.5 Å². The van der Waals surface area contributed by atoms with E-state index in [1.165, 1.54) is 11.3 Å². The summed E-state index contributed by atoms with van der Waals surface area (Å²) in [6.07, 6.45) is 0. The topological polar surface area (TPSA) is 46.9 Å². The molecule has 0 aliphatic carbocycles. The van der Waals surface area contributed by atoms with E-state index in [2.05, 4.69) is 44.9 Å². The lowest BCUT2D eigenvalue weighted by molar-refractivity contribution is 0.531. The summed E-state index contributed by atoms with van der Waals surface area (Å²) < 4.78 is 1.73. The maximum Gasteiger partial charge on any atom is 0.259 e. The average molecular weight is 305 g/mol. The van der Waals surface area contributed by atoms with E-state index in [9.17, 15) is 4.79 Å². The number of hydrogen-bond donors (Lipinski definition) is 1. The molecule has 0 bridgehead atoms. The first-order chi connectivity index (χ1) is 9.70. The Balaban J connectivity index is 2.44. The summed E-state index contributed by atoms with van der Waals surface area (Å²) in [7, 11) is 1.83. The Morgan fingerprint density at radius 3 is 2.52 bits per heavy atom. The first kappa shape index (κ1) is 15.8. The predicted molar refractivity (Wildman–Crippen MR) is 90.2 cm³/mol. The summed E-state index contributed by atoms with van der Waals surface area (Å²) in [5.41, 5.74) is 2.36. The van der Waals surface area contributed by atoms with Gasteiger partial charge in [0.15, 0.2) is 5.13 Å². The molecule has 0 unspecified atom stereocenters. The number of nitrogens with one attached hydrogen (secondary N) is 1. The average Bonchev–Trinajstić information content (AvgIpc) is 2.78. The monoisotopic (exact) mass is 305 g/mol. The van der Waals surface area contributed by atoms with Gasteiger partial charge in [0.25, 0.3) is 5.56 Å². The Labute approximate surface area is 129 Å². The van der Waals surface area contributed by atoms with Crippen LogP contribution in [0.4, 0.5) is 5.13 Å². The Bertz CT molecular complexity index is 692. The highest BCUT2D eigenvalue weighted by Crippen LogP contribution is 2.25. The Kier molecular flexibility index (Phi) is 4.23. The van der Waals surface area contributed by atoms with Gasteiger partial charge in [0.05, 0.1) is 11.3 Å². The van der Waals surface area contributed by atoms with Crippen molar-refractivity contribution >= 4 is 16.5 Å². The second kappa shape index (κ2) is 5.64. The van der Waals surface area contributed by atoms with Crippen LogP contribution in [-0.4, -0.2) is 15.6 Å². The highest BCUT2D eigenvalue weighted by atomic mass is 32.1. The van der Waals surface area contributed by atoms with E-state index in [-0.39, 0.29) is 11.0 Å². The second-order valence-corrected chi connectivity index (χ2v) is 7.44. The molecule has 0 saturated carbocycles. The van der Waals surface area contributed by atoms with Gasteiger partial charge in [-0.1, -0.05) is 20.8 Å². The summed E-state index contributed by atoms with van der Waals surface area (Å²) in [4.78, 5) is 17.1. The van der Waals surface area contributed by atoms with Gasteiger partial charge in [0.2, 0.25) is 0 Å². The highest BCUT2D eigenvalue weighted by molar-refractivity contribution is 7.14. The van der Waals surface area contributed by atoms with Crippen molar-refractivity contribution in [2.24, 2.45) is 7.05 Å². The number of thiazole rings is 1. The molecule has 2 aromatic rings. The van der Waals surface area contributed by atoms with Gasteiger partial charge >= 0.3 is 0 Å². The van der Waals surface area contributed by atoms with E-state index >= 15 is 0 Å². The van der Waals surface area contributed by atoms with Gasteiger partial charge in [-0.05, 0) is 26.0 Å². The molecular weight excluding hydrogens is 282 g/mol. The van der Waals surface area contributed by atoms with Crippen LogP contribution in [0.15, 0.2) is 22.3 Å². The highest BCUT2D eigenvalue weighted by Gasteiger charge is 2.19. The Hall–Kier alpha value is -1.62. The minimum Gasteiger partial charge on any atom is -0.359 e. The molecule has 5 heteroatoms. The Morgan fingerprint density at radius 2 is 1.95 bits per heavy atom. The van der Waals surface area contributed by atoms with E-state index in [1.54, 1.807) is 4.57 Å². The van der Waals surface area contributed by atoms with Crippen molar-refractivity contribution in [1.29, 1.82) is 0 Å². The lowest BCUT2D eigenvalue weighted by Crippen LogP contribution is -2.28. The molecule has 4 nitrogen and oxygen atoms in total. The van der Waals surface area contributed by atoms with Crippen molar-refractivity contribution in [2.45, 2.75) is 46.1 Å². The maximum absolute atomic E-state index is 12.6. The number of hydrogen-bond acceptors (Lipinski definition) is 4.